The average molecular weight is 313 g/mol. The van der Waals surface area contributed by atoms with Gasteiger partial charge in [-0.15, -0.1) is 12.6 Å². The van der Waals surface area contributed by atoms with Crippen molar-refractivity contribution in [1.82, 2.24) is 3.93 Å². The van der Waals surface area contributed by atoms with E-state index in [9.17, 15) is 0 Å². The van der Waals surface area contributed by atoms with Crippen LogP contribution in [0.25, 0.3) is 6.08 Å². The Hall–Kier alpha value is -0.450. The Kier molecular flexibility index (Phi) is 4.54. The maximum Gasteiger partial charge on any atom is 0.0451 e. The molecule has 17 heavy (non-hydrogen) atoms. The van der Waals surface area contributed by atoms with Crippen molar-refractivity contribution in [2.75, 3.05) is 31.1 Å². The summed E-state index contributed by atoms with van der Waals surface area (Å²) in [6.07, 6.45) is 4.21. The van der Waals surface area contributed by atoms with Gasteiger partial charge in [-0.1, -0.05) is 18.2 Å². The van der Waals surface area contributed by atoms with Crippen molar-refractivity contribution >= 4 is 40.5 Å². The third-order valence-electron chi connectivity index (χ3n) is 2.96. The van der Waals surface area contributed by atoms with Crippen LogP contribution >= 0.6 is 28.8 Å². The molecule has 1 saturated heterocycles. The lowest BCUT2D eigenvalue weighted by Crippen LogP contribution is -2.42. The number of halogens is 1. The zero-order valence-corrected chi connectivity index (χ0v) is 12.4. The number of hydrogen-bond donors (Lipinski definition) is 1. The molecule has 0 saturated carbocycles. The van der Waals surface area contributed by atoms with E-state index in [-0.39, 0.29) is 0 Å². The molecule has 0 aliphatic carbocycles. The third-order valence-corrected chi connectivity index (χ3v) is 4.06. The topological polar surface area (TPSA) is 6.48 Å². The summed E-state index contributed by atoms with van der Waals surface area (Å²) < 4.78 is 2.18. The highest BCUT2D eigenvalue weighted by Crippen LogP contribution is 2.28. The molecular formula is C13H17BrN2S. The molecule has 0 spiro atoms. The van der Waals surface area contributed by atoms with Crippen molar-refractivity contribution in [2.45, 2.75) is 11.8 Å². The van der Waals surface area contributed by atoms with Gasteiger partial charge in [0.2, 0.25) is 0 Å². The smallest absolute Gasteiger partial charge is 0.0451 e. The summed E-state index contributed by atoms with van der Waals surface area (Å²) in [6.45, 7) is 6.23. The van der Waals surface area contributed by atoms with Crippen molar-refractivity contribution in [1.29, 1.82) is 0 Å². The van der Waals surface area contributed by atoms with Gasteiger partial charge in [0, 0.05) is 58.5 Å². The fourth-order valence-electron chi connectivity index (χ4n) is 2.08. The Labute approximate surface area is 117 Å². The molecule has 1 aromatic rings. The molecule has 0 aromatic heterocycles. The van der Waals surface area contributed by atoms with Crippen LogP contribution in [-0.4, -0.2) is 30.1 Å². The molecule has 1 aliphatic rings. The van der Waals surface area contributed by atoms with Crippen molar-refractivity contribution in [3.63, 3.8) is 0 Å². The maximum atomic E-state index is 4.54. The molecule has 4 heteroatoms. The summed E-state index contributed by atoms with van der Waals surface area (Å²) in [4.78, 5) is 3.47. The number of anilines is 1. The Morgan fingerprint density at radius 3 is 2.59 bits per heavy atom. The van der Waals surface area contributed by atoms with Crippen LogP contribution in [0.2, 0.25) is 0 Å². The van der Waals surface area contributed by atoms with Crippen molar-refractivity contribution in [3.8, 4) is 0 Å². The molecular weight excluding hydrogens is 296 g/mol. The number of rotatable bonds is 2. The highest BCUT2D eigenvalue weighted by atomic mass is 79.9. The van der Waals surface area contributed by atoms with Crippen LogP contribution in [0, 0.1) is 0 Å². The summed E-state index contributed by atoms with van der Waals surface area (Å²) in [5.41, 5.74) is 2.51. The van der Waals surface area contributed by atoms with Crippen LogP contribution in [0.1, 0.15) is 12.5 Å². The largest absolute Gasteiger partial charge is 0.368 e. The zero-order valence-electron chi connectivity index (χ0n) is 9.93. The summed E-state index contributed by atoms with van der Waals surface area (Å²) >= 11 is 8.07. The van der Waals surface area contributed by atoms with E-state index in [1.807, 2.05) is 13.0 Å². The molecule has 0 unspecified atom stereocenters. The first-order valence-electron chi connectivity index (χ1n) is 5.82. The molecule has 92 valence electrons. The molecule has 1 aliphatic heterocycles. The van der Waals surface area contributed by atoms with Gasteiger partial charge >= 0.3 is 0 Å². The van der Waals surface area contributed by atoms with E-state index in [0.29, 0.717) is 0 Å². The lowest BCUT2D eigenvalue weighted by Gasteiger charge is -2.34. The van der Waals surface area contributed by atoms with Gasteiger partial charge in [0.15, 0.2) is 0 Å². The van der Waals surface area contributed by atoms with E-state index < -0.39 is 0 Å². The van der Waals surface area contributed by atoms with Crippen LogP contribution in [0.5, 0.6) is 0 Å². The lowest BCUT2D eigenvalue weighted by atomic mass is 10.1. The number of allylic oxidation sites excluding steroid dienone is 1. The predicted octanol–water partition coefficient (Wildman–Crippen LogP) is 3.44. The number of nitrogens with zero attached hydrogens (tertiary/aromatic N) is 2. The standard InChI is InChI=1S/C13H17BrN2S/c1-2-4-11-12(5-3-6-13(11)17)15-7-9-16(14)10-8-15/h2-6,17H,7-10H2,1H3/b4-2-. The first-order chi connectivity index (χ1) is 8.22. The maximum absolute atomic E-state index is 4.54. The van der Waals surface area contributed by atoms with Gasteiger partial charge < -0.3 is 4.90 Å². The van der Waals surface area contributed by atoms with Crippen LogP contribution in [0.4, 0.5) is 5.69 Å². The molecule has 1 aromatic carbocycles. The molecule has 0 atom stereocenters. The van der Waals surface area contributed by atoms with Gasteiger partial charge in [0.25, 0.3) is 0 Å². The van der Waals surface area contributed by atoms with Gasteiger partial charge in [0.05, 0.1) is 0 Å². The second-order valence-electron chi connectivity index (χ2n) is 4.11. The normalized spacial score (nSPS) is 17.9. The Balaban J connectivity index is 2.28. The number of hydrogen-bond acceptors (Lipinski definition) is 3. The molecule has 0 amide bonds. The molecule has 0 N–H and O–H groups in total. The lowest BCUT2D eigenvalue weighted by molar-refractivity contribution is 0.443. The van der Waals surface area contributed by atoms with Gasteiger partial charge in [-0.3, -0.25) is 0 Å². The second-order valence-corrected chi connectivity index (χ2v) is 5.59. The quantitative estimate of drug-likeness (QED) is 0.660. The Morgan fingerprint density at radius 2 is 1.94 bits per heavy atom. The van der Waals surface area contributed by atoms with Crippen LogP contribution < -0.4 is 4.90 Å². The fourth-order valence-corrected chi connectivity index (χ4v) is 2.67. The van der Waals surface area contributed by atoms with Crippen molar-refractivity contribution in [2.24, 2.45) is 0 Å². The minimum atomic E-state index is 1.04. The molecule has 2 rings (SSSR count). The molecule has 1 fully saturated rings. The molecule has 2 nitrogen and oxygen atoms in total. The van der Waals surface area contributed by atoms with E-state index >= 15 is 0 Å². The third kappa shape index (κ3) is 3.06. The van der Waals surface area contributed by atoms with Gasteiger partial charge in [-0.05, 0) is 19.1 Å². The van der Waals surface area contributed by atoms with E-state index in [2.05, 4.69) is 61.9 Å². The fraction of sp³-hybridized carbons (Fsp3) is 0.385. The van der Waals surface area contributed by atoms with Gasteiger partial charge in [0.1, 0.15) is 0 Å². The van der Waals surface area contributed by atoms with Crippen molar-refractivity contribution < 1.29 is 0 Å². The van der Waals surface area contributed by atoms with E-state index in [4.69, 9.17) is 0 Å². The minimum absolute atomic E-state index is 1.04. The number of benzene rings is 1. The van der Waals surface area contributed by atoms with E-state index in [1.165, 1.54) is 11.3 Å². The summed E-state index contributed by atoms with van der Waals surface area (Å²) in [7, 11) is 0. The predicted molar refractivity (Wildman–Crippen MR) is 81.1 cm³/mol. The van der Waals surface area contributed by atoms with E-state index in [0.717, 1.165) is 31.1 Å². The summed E-state index contributed by atoms with van der Waals surface area (Å²) in [6, 6.07) is 6.30. The van der Waals surface area contributed by atoms with Crippen LogP contribution in [0.15, 0.2) is 29.2 Å². The highest BCUT2D eigenvalue weighted by Gasteiger charge is 2.17. The van der Waals surface area contributed by atoms with Crippen LogP contribution in [-0.2, 0) is 0 Å². The zero-order chi connectivity index (χ0) is 12.3. The molecule has 0 bridgehead atoms. The first kappa shape index (κ1) is 13.0. The highest BCUT2D eigenvalue weighted by molar-refractivity contribution is 9.07. The molecule has 0 radical (unpaired) electrons. The minimum Gasteiger partial charge on any atom is -0.368 e. The van der Waals surface area contributed by atoms with E-state index in [1.54, 1.807) is 0 Å². The monoisotopic (exact) mass is 312 g/mol. The second kappa shape index (κ2) is 5.94. The number of thiol groups is 1. The summed E-state index contributed by atoms with van der Waals surface area (Å²) in [5, 5.41) is 0. The first-order valence-corrected chi connectivity index (χ1v) is 6.98. The summed E-state index contributed by atoms with van der Waals surface area (Å²) in [5.74, 6) is 0. The molecule has 1 heterocycles. The van der Waals surface area contributed by atoms with Crippen LogP contribution in [0.3, 0.4) is 0 Å². The van der Waals surface area contributed by atoms with Crippen molar-refractivity contribution in [3.05, 3.63) is 29.8 Å². The Morgan fingerprint density at radius 1 is 1.24 bits per heavy atom. The Bertz CT molecular complexity index is 412. The average Bonchev–Trinajstić information content (AvgIpc) is 2.33. The number of piperazine rings is 1. The van der Waals surface area contributed by atoms with Gasteiger partial charge in [-0.25, -0.2) is 3.93 Å². The van der Waals surface area contributed by atoms with Gasteiger partial charge in [-0.2, -0.15) is 0 Å². The SMILES string of the molecule is C/C=C\c1c(S)cccc1N1CCN(Br)CC1.